The fourth-order valence-electron chi connectivity index (χ4n) is 3.08. The predicted octanol–water partition coefficient (Wildman–Crippen LogP) is 4.61. The average molecular weight is 414 g/mol. The van der Waals surface area contributed by atoms with Crippen molar-refractivity contribution in [2.75, 3.05) is 0 Å². The van der Waals surface area contributed by atoms with Gasteiger partial charge in [0.2, 0.25) is 0 Å². The second-order valence-electron chi connectivity index (χ2n) is 6.72. The van der Waals surface area contributed by atoms with Gasteiger partial charge in [0.05, 0.1) is 4.91 Å². The average Bonchev–Trinajstić information content (AvgIpc) is 3.10. The van der Waals surface area contributed by atoms with E-state index in [1.807, 2.05) is 66.7 Å². The van der Waals surface area contributed by atoms with Crippen LogP contribution in [0.3, 0.4) is 0 Å². The number of hydrogen-bond acceptors (Lipinski definition) is 4. The van der Waals surface area contributed by atoms with Crippen LogP contribution in [0.1, 0.15) is 21.5 Å². The molecule has 30 heavy (non-hydrogen) atoms. The van der Waals surface area contributed by atoms with Crippen molar-refractivity contribution in [1.82, 2.24) is 10.6 Å². The Labute approximate surface area is 178 Å². The molecule has 0 aliphatic carbocycles. The molecular formula is C24H18N2O3S. The first-order chi connectivity index (χ1) is 14.6. The van der Waals surface area contributed by atoms with Gasteiger partial charge in [0.15, 0.2) is 0 Å². The minimum atomic E-state index is -0.362. The summed E-state index contributed by atoms with van der Waals surface area (Å²) in [5, 5.41) is 4.84. The van der Waals surface area contributed by atoms with Gasteiger partial charge in [-0.05, 0) is 58.3 Å². The van der Waals surface area contributed by atoms with Crippen molar-refractivity contribution in [3.8, 4) is 11.1 Å². The van der Waals surface area contributed by atoms with Crippen molar-refractivity contribution in [3.63, 3.8) is 0 Å². The molecule has 1 heterocycles. The third kappa shape index (κ3) is 4.67. The zero-order valence-electron chi connectivity index (χ0n) is 15.9. The molecule has 0 bridgehead atoms. The highest BCUT2D eigenvalue weighted by Crippen LogP contribution is 2.27. The van der Waals surface area contributed by atoms with Crippen LogP contribution in [-0.4, -0.2) is 17.1 Å². The van der Waals surface area contributed by atoms with Gasteiger partial charge < -0.3 is 5.32 Å². The number of benzene rings is 3. The molecule has 6 heteroatoms. The number of rotatable bonds is 5. The minimum Gasteiger partial charge on any atom is -0.348 e. The first kappa shape index (κ1) is 19.7. The van der Waals surface area contributed by atoms with Gasteiger partial charge >= 0.3 is 0 Å². The van der Waals surface area contributed by atoms with Crippen LogP contribution in [0.2, 0.25) is 0 Å². The van der Waals surface area contributed by atoms with Gasteiger partial charge in [0.25, 0.3) is 17.1 Å². The van der Waals surface area contributed by atoms with E-state index in [0.29, 0.717) is 17.0 Å². The van der Waals surface area contributed by atoms with E-state index in [2.05, 4.69) is 10.6 Å². The minimum absolute atomic E-state index is 0.106. The highest BCUT2D eigenvalue weighted by Gasteiger charge is 2.24. The maximum atomic E-state index is 12.2. The summed E-state index contributed by atoms with van der Waals surface area (Å²) in [4.78, 5) is 35.5. The van der Waals surface area contributed by atoms with E-state index >= 15 is 0 Å². The standard InChI is InChI=1S/C24H18N2O3S/c27-22(19-6-2-1-3-7-19)25-15-17-5-4-8-20(13-17)18-11-9-16(10-12-18)14-21-23(28)26-24(29)30-21/h1-14H,15H2,(H,25,27)(H,26,28,29)/b21-14+. The lowest BCUT2D eigenvalue weighted by Gasteiger charge is -2.08. The third-order valence-electron chi connectivity index (χ3n) is 4.60. The maximum Gasteiger partial charge on any atom is 0.290 e. The van der Waals surface area contributed by atoms with Crippen molar-refractivity contribution in [2.24, 2.45) is 0 Å². The Morgan fingerprint density at radius 2 is 1.67 bits per heavy atom. The quantitative estimate of drug-likeness (QED) is 0.598. The molecule has 3 aromatic rings. The summed E-state index contributed by atoms with van der Waals surface area (Å²) in [7, 11) is 0. The summed E-state index contributed by atoms with van der Waals surface area (Å²) in [6.45, 7) is 0.437. The van der Waals surface area contributed by atoms with E-state index in [4.69, 9.17) is 0 Å². The van der Waals surface area contributed by atoms with Gasteiger partial charge in [-0.2, -0.15) is 0 Å². The number of amides is 3. The molecule has 1 aliphatic heterocycles. The summed E-state index contributed by atoms with van der Waals surface area (Å²) in [6, 6.07) is 24.8. The first-order valence-electron chi connectivity index (χ1n) is 9.36. The number of thioether (sulfide) groups is 1. The van der Waals surface area contributed by atoms with Crippen LogP contribution in [-0.2, 0) is 11.3 Å². The SMILES string of the molecule is O=C1NC(=O)/C(=C\c2ccc(-c3cccc(CNC(=O)c4ccccc4)c3)cc2)S1. The zero-order valence-corrected chi connectivity index (χ0v) is 16.7. The molecular weight excluding hydrogens is 396 g/mol. The fourth-order valence-corrected chi connectivity index (χ4v) is 3.76. The smallest absolute Gasteiger partial charge is 0.290 e. The van der Waals surface area contributed by atoms with Crippen molar-refractivity contribution >= 4 is 34.9 Å². The van der Waals surface area contributed by atoms with Crippen LogP contribution < -0.4 is 10.6 Å². The first-order valence-corrected chi connectivity index (χ1v) is 10.2. The highest BCUT2D eigenvalue weighted by atomic mass is 32.2. The topological polar surface area (TPSA) is 75.3 Å². The van der Waals surface area contributed by atoms with Crippen molar-refractivity contribution < 1.29 is 14.4 Å². The predicted molar refractivity (Wildman–Crippen MR) is 119 cm³/mol. The summed E-state index contributed by atoms with van der Waals surface area (Å²) in [5.41, 5.74) is 4.53. The molecule has 4 rings (SSSR count). The van der Waals surface area contributed by atoms with Crippen LogP contribution in [0.5, 0.6) is 0 Å². The van der Waals surface area contributed by atoms with E-state index in [1.165, 1.54) is 0 Å². The normalized spacial score (nSPS) is 14.6. The Balaban J connectivity index is 1.44. The lowest BCUT2D eigenvalue weighted by Crippen LogP contribution is -2.22. The van der Waals surface area contributed by atoms with Gasteiger partial charge in [0.1, 0.15) is 0 Å². The molecule has 148 valence electrons. The molecule has 1 fully saturated rings. The highest BCUT2D eigenvalue weighted by molar-refractivity contribution is 8.18. The van der Waals surface area contributed by atoms with Crippen LogP contribution in [0.4, 0.5) is 4.79 Å². The maximum absolute atomic E-state index is 12.2. The van der Waals surface area contributed by atoms with Gasteiger partial charge in [0, 0.05) is 12.1 Å². The van der Waals surface area contributed by atoms with Crippen molar-refractivity contribution in [3.05, 3.63) is 100 Å². The van der Waals surface area contributed by atoms with Crippen LogP contribution in [0, 0.1) is 0 Å². The Bertz CT molecular complexity index is 1140. The van der Waals surface area contributed by atoms with Crippen molar-refractivity contribution in [1.29, 1.82) is 0 Å². The lowest BCUT2D eigenvalue weighted by atomic mass is 10.0. The largest absolute Gasteiger partial charge is 0.348 e. The summed E-state index contributed by atoms with van der Waals surface area (Å²) < 4.78 is 0. The molecule has 0 spiro atoms. The second-order valence-corrected chi connectivity index (χ2v) is 7.74. The fraction of sp³-hybridized carbons (Fsp3) is 0.0417. The summed E-state index contributed by atoms with van der Waals surface area (Å²) >= 11 is 0.904. The number of carbonyl (C=O) groups is 3. The number of carbonyl (C=O) groups excluding carboxylic acids is 3. The lowest BCUT2D eigenvalue weighted by molar-refractivity contribution is -0.115. The van der Waals surface area contributed by atoms with E-state index in [1.54, 1.807) is 18.2 Å². The Kier molecular flexibility index (Phi) is 5.77. The molecule has 3 aromatic carbocycles. The van der Waals surface area contributed by atoms with Crippen LogP contribution in [0.25, 0.3) is 17.2 Å². The molecule has 0 saturated carbocycles. The Morgan fingerprint density at radius 1 is 0.900 bits per heavy atom. The van der Waals surface area contributed by atoms with E-state index in [0.717, 1.165) is 34.0 Å². The number of imide groups is 1. The summed E-state index contributed by atoms with van der Waals surface area (Å²) in [5.74, 6) is -0.468. The number of hydrogen-bond donors (Lipinski definition) is 2. The van der Waals surface area contributed by atoms with Crippen LogP contribution >= 0.6 is 11.8 Å². The van der Waals surface area contributed by atoms with Gasteiger partial charge in [-0.1, -0.05) is 60.7 Å². The van der Waals surface area contributed by atoms with Gasteiger partial charge in [-0.25, -0.2) is 0 Å². The van der Waals surface area contributed by atoms with Crippen molar-refractivity contribution in [2.45, 2.75) is 6.54 Å². The molecule has 0 aromatic heterocycles. The van der Waals surface area contributed by atoms with Gasteiger partial charge in [-0.3, -0.25) is 19.7 Å². The van der Waals surface area contributed by atoms with E-state index < -0.39 is 0 Å². The molecule has 1 aliphatic rings. The molecule has 5 nitrogen and oxygen atoms in total. The molecule has 1 saturated heterocycles. The third-order valence-corrected chi connectivity index (χ3v) is 5.41. The van der Waals surface area contributed by atoms with Gasteiger partial charge in [-0.15, -0.1) is 0 Å². The van der Waals surface area contributed by atoms with E-state index in [-0.39, 0.29) is 17.1 Å². The second kappa shape index (κ2) is 8.80. The number of nitrogens with one attached hydrogen (secondary N) is 2. The van der Waals surface area contributed by atoms with Crippen LogP contribution in [0.15, 0.2) is 83.8 Å². The Hall–Kier alpha value is -3.64. The summed E-state index contributed by atoms with van der Waals surface area (Å²) in [6.07, 6.45) is 1.70. The molecule has 3 amide bonds. The monoisotopic (exact) mass is 414 g/mol. The Morgan fingerprint density at radius 3 is 2.37 bits per heavy atom. The molecule has 0 unspecified atom stereocenters. The molecule has 2 N–H and O–H groups in total. The molecule has 0 atom stereocenters. The zero-order chi connectivity index (χ0) is 20.9. The van der Waals surface area contributed by atoms with E-state index in [9.17, 15) is 14.4 Å². The molecule has 0 radical (unpaired) electrons.